The van der Waals surface area contributed by atoms with E-state index >= 15 is 0 Å². The van der Waals surface area contributed by atoms with Crippen molar-refractivity contribution in [2.75, 3.05) is 6.79 Å². The first kappa shape index (κ1) is 18.7. The van der Waals surface area contributed by atoms with Gasteiger partial charge < -0.3 is 14.0 Å². The van der Waals surface area contributed by atoms with Gasteiger partial charge in [0.15, 0.2) is 16.3 Å². The molecule has 150 valence electrons. The minimum absolute atomic E-state index is 0.282. The van der Waals surface area contributed by atoms with E-state index in [4.69, 9.17) is 14.5 Å². The van der Waals surface area contributed by atoms with Crippen molar-refractivity contribution < 1.29 is 9.47 Å². The molecule has 0 spiro atoms. The first-order valence-electron chi connectivity index (χ1n) is 10.00. The van der Waals surface area contributed by atoms with Gasteiger partial charge >= 0.3 is 0 Å². The Balaban J connectivity index is 1.56. The average molecular weight is 415 g/mol. The predicted octanol–water partition coefficient (Wildman–Crippen LogP) is 5.73. The molecule has 0 aliphatic carbocycles. The fourth-order valence-electron chi connectivity index (χ4n) is 3.54. The Morgan fingerprint density at radius 2 is 1.73 bits per heavy atom. The molecule has 0 amide bonds. The molecule has 0 radical (unpaired) electrons. The van der Waals surface area contributed by atoms with Crippen LogP contribution in [0.5, 0.6) is 11.5 Å². The lowest BCUT2D eigenvalue weighted by Gasteiger charge is -2.10. The number of thiazole rings is 1. The van der Waals surface area contributed by atoms with Gasteiger partial charge in [-0.25, -0.2) is 4.99 Å². The van der Waals surface area contributed by atoms with Gasteiger partial charge in [-0.2, -0.15) is 0 Å². The summed E-state index contributed by atoms with van der Waals surface area (Å²) in [6.07, 6.45) is 0.941. The molecule has 4 aromatic rings. The molecule has 0 saturated carbocycles. The van der Waals surface area contributed by atoms with Crippen LogP contribution in [0.4, 0.5) is 5.69 Å². The van der Waals surface area contributed by atoms with Crippen LogP contribution in [0.3, 0.4) is 0 Å². The van der Waals surface area contributed by atoms with Gasteiger partial charge in [-0.3, -0.25) is 0 Å². The number of aromatic nitrogens is 1. The molecule has 2 heterocycles. The van der Waals surface area contributed by atoms with Crippen molar-refractivity contribution in [3.8, 4) is 22.8 Å². The smallest absolute Gasteiger partial charge is 0.231 e. The molecule has 0 atom stereocenters. The van der Waals surface area contributed by atoms with E-state index in [9.17, 15) is 0 Å². The monoisotopic (exact) mass is 414 g/mol. The van der Waals surface area contributed by atoms with Crippen molar-refractivity contribution in [2.45, 2.75) is 19.9 Å². The number of nitrogens with zero attached hydrogens (tertiary/aromatic N) is 2. The van der Waals surface area contributed by atoms with Crippen molar-refractivity contribution in [3.63, 3.8) is 0 Å². The second-order valence-corrected chi connectivity index (χ2v) is 8.14. The first-order chi connectivity index (χ1) is 14.8. The molecule has 1 aliphatic rings. The van der Waals surface area contributed by atoms with E-state index in [-0.39, 0.29) is 6.79 Å². The van der Waals surface area contributed by atoms with Crippen molar-refractivity contribution in [1.82, 2.24) is 4.57 Å². The van der Waals surface area contributed by atoms with Gasteiger partial charge in [-0.1, -0.05) is 48.0 Å². The number of hydrogen-bond acceptors (Lipinski definition) is 4. The molecule has 0 unspecified atom stereocenters. The second kappa shape index (κ2) is 8.20. The predicted molar refractivity (Wildman–Crippen MR) is 120 cm³/mol. The highest BCUT2D eigenvalue weighted by atomic mass is 32.1. The summed E-state index contributed by atoms with van der Waals surface area (Å²) >= 11 is 1.66. The third-order valence-electron chi connectivity index (χ3n) is 5.19. The van der Waals surface area contributed by atoms with Crippen LogP contribution in [0.1, 0.15) is 11.1 Å². The van der Waals surface area contributed by atoms with E-state index in [0.29, 0.717) is 0 Å². The Kier molecular flexibility index (Phi) is 5.11. The third kappa shape index (κ3) is 3.89. The van der Waals surface area contributed by atoms with Crippen LogP contribution in [0, 0.1) is 6.92 Å². The Bertz CT molecular complexity index is 1220. The van der Waals surface area contributed by atoms with Crippen molar-refractivity contribution in [3.05, 3.63) is 94.1 Å². The Labute approximate surface area is 179 Å². The maximum Gasteiger partial charge on any atom is 0.231 e. The molecule has 5 heteroatoms. The molecule has 5 rings (SSSR count). The highest BCUT2D eigenvalue weighted by molar-refractivity contribution is 7.07. The third-order valence-corrected chi connectivity index (χ3v) is 6.06. The highest BCUT2D eigenvalue weighted by Gasteiger charge is 2.16. The average Bonchev–Trinajstić information content (AvgIpc) is 3.41. The van der Waals surface area contributed by atoms with Crippen molar-refractivity contribution in [1.29, 1.82) is 0 Å². The molecule has 0 bridgehead atoms. The summed E-state index contributed by atoms with van der Waals surface area (Å²) in [5.74, 6) is 1.60. The van der Waals surface area contributed by atoms with E-state index in [1.54, 1.807) is 11.3 Å². The molecule has 1 aromatic heterocycles. The van der Waals surface area contributed by atoms with Gasteiger partial charge in [-0.05, 0) is 49.2 Å². The SMILES string of the molecule is Cc1ccc(N=c2scc(-c3ccc4c(c3)OCO4)n2CCc2ccccc2)cc1. The Hall–Kier alpha value is -3.31. The summed E-state index contributed by atoms with van der Waals surface area (Å²) in [5, 5.41) is 2.18. The summed E-state index contributed by atoms with van der Waals surface area (Å²) in [7, 11) is 0. The van der Waals surface area contributed by atoms with E-state index in [1.165, 1.54) is 11.1 Å². The van der Waals surface area contributed by atoms with Gasteiger partial charge in [0.2, 0.25) is 6.79 Å². The number of rotatable bonds is 5. The van der Waals surface area contributed by atoms with Gasteiger partial charge in [0.25, 0.3) is 0 Å². The van der Waals surface area contributed by atoms with Crippen LogP contribution in [0.15, 0.2) is 83.2 Å². The van der Waals surface area contributed by atoms with Crippen LogP contribution in [0.2, 0.25) is 0 Å². The fourth-order valence-corrected chi connectivity index (χ4v) is 4.49. The molecular weight excluding hydrogens is 392 g/mol. The minimum Gasteiger partial charge on any atom is -0.454 e. The molecule has 0 saturated heterocycles. The molecule has 3 aromatic carbocycles. The van der Waals surface area contributed by atoms with Gasteiger partial charge in [0.1, 0.15) is 0 Å². The minimum atomic E-state index is 0.282. The zero-order chi connectivity index (χ0) is 20.3. The van der Waals surface area contributed by atoms with Gasteiger partial charge in [0.05, 0.1) is 11.4 Å². The fraction of sp³-hybridized carbons (Fsp3) is 0.160. The van der Waals surface area contributed by atoms with E-state index < -0.39 is 0 Å². The summed E-state index contributed by atoms with van der Waals surface area (Å²) < 4.78 is 13.4. The molecule has 30 heavy (non-hydrogen) atoms. The van der Waals surface area contributed by atoms with Crippen LogP contribution in [-0.4, -0.2) is 11.4 Å². The van der Waals surface area contributed by atoms with Crippen LogP contribution in [-0.2, 0) is 13.0 Å². The summed E-state index contributed by atoms with van der Waals surface area (Å²) in [6, 6.07) is 25.0. The Morgan fingerprint density at radius 1 is 0.933 bits per heavy atom. The van der Waals surface area contributed by atoms with E-state index in [0.717, 1.165) is 46.2 Å². The summed E-state index contributed by atoms with van der Waals surface area (Å²) in [5.41, 5.74) is 5.76. The molecule has 0 fully saturated rings. The maximum absolute atomic E-state index is 5.59. The molecule has 1 aliphatic heterocycles. The number of benzene rings is 3. The number of ether oxygens (including phenoxy) is 2. The zero-order valence-electron chi connectivity index (χ0n) is 16.7. The van der Waals surface area contributed by atoms with Crippen LogP contribution in [0.25, 0.3) is 11.3 Å². The van der Waals surface area contributed by atoms with Crippen LogP contribution < -0.4 is 14.3 Å². The van der Waals surface area contributed by atoms with Crippen LogP contribution >= 0.6 is 11.3 Å². The highest BCUT2D eigenvalue weighted by Crippen LogP contribution is 2.36. The lowest BCUT2D eigenvalue weighted by molar-refractivity contribution is 0.174. The lowest BCUT2D eigenvalue weighted by atomic mass is 10.1. The lowest BCUT2D eigenvalue weighted by Crippen LogP contribution is -2.17. The number of aryl methyl sites for hydroxylation is 2. The molecule has 4 nitrogen and oxygen atoms in total. The van der Waals surface area contributed by atoms with Gasteiger partial charge in [0, 0.05) is 17.5 Å². The number of fused-ring (bicyclic) bond motifs is 1. The summed E-state index contributed by atoms with van der Waals surface area (Å²) in [6.45, 7) is 3.22. The maximum atomic E-state index is 5.59. The van der Waals surface area contributed by atoms with Crippen molar-refractivity contribution in [2.24, 2.45) is 4.99 Å². The normalized spacial score (nSPS) is 13.0. The number of hydrogen-bond donors (Lipinski definition) is 0. The topological polar surface area (TPSA) is 35.8 Å². The van der Waals surface area contributed by atoms with Crippen molar-refractivity contribution >= 4 is 17.0 Å². The quantitative estimate of drug-likeness (QED) is 0.418. The van der Waals surface area contributed by atoms with E-state index in [1.807, 2.05) is 6.07 Å². The zero-order valence-corrected chi connectivity index (χ0v) is 17.6. The molecular formula is C25H22N2O2S. The standard InChI is InChI=1S/C25H22N2O2S/c1-18-7-10-21(11-8-18)26-25-27(14-13-19-5-3-2-4-6-19)22(16-30-25)20-9-12-23-24(15-20)29-17-28-23/h2-12,15-16H,13-14,17H2,1H3. The first-order valence-corrected chi connectivity index (χ1v) is 10.9. The summed E-state index contributed by atoms with van der Waals surface area (Å²) in [4.78, 5) is 5.93. The van der Waals surface area contributed by atoms with E-state index in [2.05, 4.69) is 83.6 Å². The largest absolute Gasteiger partial charge is 0.454 e. The molecule has 0 N–H and O–H groups in total. The Morgan fingerprint density at radius 3 is 2.57 bits per heavy atom. The van der Waals surface area contributed by atoms with Gasteiger partial charge in [-0.15, -0.1) is 11.3 Å². The second-order valence-electron chi connectivity index (χ2n) is 7.31.